The first-order valence-corrected chi connectivity index (χ1v) is 8.75. The van der Waals surface area contributed by atoms with Crippen LogP contribution in [0, 0.1) is 20.8 Å². The lowest BCUT2D eigenvalue weighted by Gasteiger charge is -2.12. The zero-order valence-corrected chi connectivity index (χ0v) is 15.1. The summed E-state index contributed by atoms with van der Waals surface area (Å²) in [6.45, 7) is 6.05. The molecule has 1 amide bonds. The van der Waals surface area contributed by atoms with Crippen LogP contribution in [0.4, 0.5) is 16.8 Å². The predicted octanol–water partition coefficient (Wildman–Crippen LogP) is 3.78. The molecule has 0 radical (unpaired) electrons. The van der Waals surface area contributed by atoms with Crippen molar-refractivity contribution in [2.75, 3.05) is 10.6 Å². The number of aromatic nitrogens is 3. The van der Waals surface area contributed by atoms with E-state index in [-0.39, 0.29) is 12.3 Å². The Labute approximate surface area is 150 Å². The molecular formula is C18H19N5OS. The molecule has 0 atom stereocenters. The van der Waals surface area contributed by atoms with E-state index >= 15 is 0 Å². The number of anilines is 3. The fourth-order valence-corrected chi connectivity index (χ4v) is 3.33. The standard InChI is InChI=1S/C18H19N5OS/c1-11-7-12(2)16(13(3)8-11)22-15(24)9-14-10-25-18(21-14)23-17-19-5-4-6-20-17/h4-8,10H,9H2,1-3H3,(H,22,24)(H,19,20,21,23). The minimum atomic E-state index is -0.0807. The number of hydrogen-bond acceptors (Lipinski definition) is 6. The van der Waals surface area contributed by atoms with Crippen LogP contribution < -0.4 is 10.6 Å². The molecule has 0 spiro atoms. The topological polar surface area (TPSA) is 79.8 Å². The van der Waals surface area contributed by atoms with Crippen LogP contribution in [0.1, 0.15) is 22.4 Å². The Bertz CT molecular complexity index is 868. The highest BCUT2D eigenvalue weighted by atomic mass is 32.1. The van der Waals surface area contributed by atoms with Crippen molar-refractivity contribution in [1.29, 1.82) is 0 Å². The fourth-order valence-electron chi connectivity index (χ4n) is 2.63. The van der Waals surface area contributed by atoms with Crippen LogP contribution >= 0.6 is 11.3 Å². The highest BCUT2D eigenvalue weighted by molar-refractivity contribution is 7.13. The summed E-state index contributed by atoms with van der Waals surface area (Å²) in [4.78, 5) is 24.9. The van der Waals surface area contributed by atoms with Gasteiger partial charge in [-0.1, -0.05) is 17.7 Å². The molecule has 2 aromatic heterocycles. The predicted molar refractivity (Wildman–Crippen MR) is 100 cm³/mol. The van der Waals surface area contributed by atoms with Crippen molar-refractivity contribution in [2.24, 2.45) is 0 Å². The van der Waals surface area contributed by atoms with Gasteiger partial charge in [0.15, 0.2) is 5.13 Å². The Balaban J connectivity index is 1.64. The first kappa shape index (κ1) is 17.0. The van der Waals surface area contributed by atoms with Gasteiger partial charge in [-0.25, -0.2) is 15.0 Å². The van der Waals surface area contributed by atoms with E-state index in [1.54, 1.807) is 18.5 Å². The number of benzene rings is 1. The van der Waals surface area contributed by atoms with Crippen molar-refractivity contribution >= 4 is 34.0 Å². The first-order chi connectivity index (χ1) is 12.0. The lowest BCUT2D eigenvalue weighted by molar-refractivity contribution is -0.115. The van der Waals surface area contributed by atoms with Crippen LogP contribution in [0.3, 0.4) is 0 Å². The number of rotatable bonds is 5. The average molecular weight is 353 g/mol. The van der Waals surface area contributed by atoms with Gasteiger partial charge < -0.3 is 10.6 Å². The molecule has 7 heteroatoms. The van der Waals surface area contributed by atoms with Crippen LogP contribution in [0.2, 0.25) is 0 Å². The van der Waals surface area contributed by atoms with Gasteiger partial charge in [0, 0.05) is 23.5 Å². The smallest absolute Gasteiger partial charge is 0.230 e. The third-order valence-corrected chi connectivity index (χ3v) is 4.43. The molecule has 2 heterocycles. The summed E-state index contributed by atoms with van der Waals surface area (Å²) in [6, 6.07) is 5.87. The van der Waals surface area contributed by atoms with E-state index in [2.05, 4.69) is 37.7 Å². The van der Waals surface area contributed by atoms with E-state index in [0.717, 1.165) is 16.8 Å². The van der Waals surface area contributed by atoms with Crippen molar-refractivity contribution in [2.45, 2.75) is 27.2 Å². The molecule has 1 aromatic carbocycles. The molecule has 2 N–H and O–H groups in total. The maximum atomic E-state index is 12.3. The van der Waals surface area contributed by atoms with Gasteiger partial charge in [-0.3, -0.25) is 4.79 Å². The number of aryl methyl sites for hydroxylation is 3. The molecule has 0 aliphatic carbocycles. The van der Waals surface area contributed by atoms with E-state index < -0.39 is 0 Å². The summed E-state index contributed by atoms with van der Waals surface area (Å²) in [5, 5.41) is 8.54. The summed E-state index contributed by atoms with van der Waals surface area (Å²) in [5.74, 6) is 0.404. The molecular weight excluding hydrogens is 334 g/mol. The third-order valence-electron chi connectivity index (χ3n) is 3.62. The van der Waals surface area contributed by atoms with Gasteiger partial charge in [-0.05, 0) is 38.0 Å². The molecule has 3 rings (SSSR count). The summed E-state index contributed by atoms with van der Waals surface area (Å²) >= 11 is 1.42. The van der Waals surface area contributed by atoms with Crippen LogP contribution in [0.5, 0.6) is 0 Å². The van der Waals surface area contributed by atoms with E-state index in [1.165, 1.54) is 16.9 Å². The summed E-state index contributed by atoms with van der Waals surface area (Å²) < 4.78 is 0. The number of amides is 1. The summed E-state index contributed by atoms with van der Waals surface area (Å²) in [5.41, 5.74) is 4.90. The van der Waals surface area contributed by atoms with Gasteiger partial charge in [0.2, 0.25) is 11.9 Å². The molecule has 0 aliphatic rings. The van der Waals surface area contributed by atoms with E-state index in [0.29, 0.717) is 16.8 Å². The number of thiazole rings is 1. The van der Waals surface area contributed by atoms with Crippen molar-refractivity contribution in [1.82, 2.24) is 15.0 Å². The lowest BCUT2D eigenvalue weighted by Crippen LogP contribution is -2.16. The Morgan fingerprint density at radius 1 is 1.12 bits per heavy atom. The first-order valence-electron chi connectivity index (χ1n) is 7.87. The number of carbonyl (C=O) groups is 1. The van der Waals surface area contributed by atoms with E-state index in [4.69, 9.17) is 0 Å². The second-order valence-electron chi connectivity index (χ2n) is 5.84. The maximum Gasteiger partial charge on any atom is 0.230 e. The van der Waals surface area contributed by atoms with Gasteiger partial charge in [0.1, 0.15) is 0 Å². The number of hydrogen-bond donors (Lipinski definition) is 2. The van der Waals surface area contributed by atoms with Crippen LogP contribution in [-0.4, -0.2) is 20.9 Å². The molecule has 0 aliphatic heterocycles. The van der Waals surface area contributed by atoms with Gasteiger partial charge >= 0.3 is 0 Å². The van der Waals surface area contributed by atoms with E-state index in [9.17, 15) is 4.79 Å². The second-order valence-corrected chi connectivity index (χ2v) is 6.70. The SMILES string of the molecule is Cc1cc(C)c(NC(=O)Cc2csc(Nc3ncccn3)n2)c(C)c1. The Morgan fingerprint density at radius 2 is 1.80 bits per heavy atom. The molecule has 25 heavy (non-hydrogen) atoms. The monoisotopic (exact) mass is 353 g/mol. The average Bonchev–Trinajstić information content (AvgIpc) is 2.98. The molecule has 128 valence electrons. The maximum absolute atomic E-state index is 12.3. The molecule has 3 aromatic rings. The molecule has 0 saturated carbocycles. The Hall–Kier alpha value is -2.80. The van der Waals surface area contributed by atoms with Gasteiger partial charge in [-0.15, -0.1) is 11.3 Å². The van der Waals surface area contributed by atoms with Crippen LogP contribution in [0.25, 0.3) is 0 Å². The molecule has 6 nitrogen and oxygen atoms in total. The fraction of sp³-hybridized carbons (Fsp3) is 0.222. The number of nitrogens with one attached hydrogen (secondary N) is 2. The number of carbonyl (C=O) groups excluding carboxylic acids is 1. The largest absolute Gasteiger partial charge is 0.325 e. The lowest BCUT2D eigenvalue weighted by atomic mass is 10.0. The molecule has 0 bridgehead atoms. The van der Waals surface area contributed by atoms with Crippen molar-refractivity contribution in [3.05, 3.63) is 58.4 Å². The summed E-state index contributed by atoms with van der Waals surface area (Å²) in [7, 11) is 0. The van der Waals surface area contributed by atoms with Gasteiger partial charge in [0.05, 0.1) is 12.1 Å². The second kappa shape index (κ2) is 7.40. The van der Waals surface area contributed by atoms with Gasteiger partial charge in [0.25, 0.3) is 0 Å². The minimum absolute atomic E-state index is 0.0807. The van der Waals surface area contributed by atoms with E-state index in [1.807, 2.05) is 26.2 Å². The molecule has 0 unspecified atom stereocenters. The van der Waals surface area contributed by atoms with Crippen molar-refractivity contribution in [3.63, 3.8) is 0 Å². The normalized spacial score (nSPS) is 10.5. The summed E-state index contributed by atoms with van der Waals surface area (Å²) in [6.07, 6.45) is 3.54. The highest BCUT2D eigenvalue weighted by Gasteiger charge is 2.11. The van der Waals surface area contributed by atoms with Crippen LogP contribution in [-0.2, 0) is 11.2 Å². The zero-order valence-electron chi connectivity index (χ0n) is 14.3. The number of nitrogens with zero attached hydrogens (tertiary/aromatic N) is 3. The van der Waals surface area contributed by atoms with Crippen molar-refractivity contribution in [3.8, 4) is 0 Å². The Morgan fingerprint density at radius 3 is 2.48 bits per heavy atom. The quantitative estimate of drug-likeness (QED) is 0.729. The third kappa shape index (κ3) is 4.39. The zero-order chi connectivity index (χ0) is 17.8. The van der Waals surface area contributed by atoms with Gasteiger partial charge in [-0.2, -0.15) is 0 Å². The molecule has 0 fully saturated rings. The Kier molecular flexibility index (Phi) is 5.04. The van der Waals surface area contributed by atoms with Crippen molar-refractivity contribution < 1.29 is 4.79 Å². The molecule has 0 saturated heterocycles. The van der Waals surface area contributed by atoms with Crippen LogP contribution in [0.15, 0.2) is 36.0 Å². The highest BCUT2D eigenvalue weighted by Crippen LogP contribution is 2.23. The minimum Gasteiger partial charge on any atom is -0.325 e.